The van der Waals surface area contributed by atoms with Crippen molar-refractivity contribution in [2.24, 2.45) is 0 Å². The molecule has 2 saturated heterocycles. The molecule has 1 aromatic carbocycles. The number of piperazine rings is 1. The first-order chi connectivity index (χ1) is 14.6. The van der Waals surface area contributed by atoms with Gasteiger partial charge in [-0.05, 0) is 51.8 Å². The number of nitrogens with zero attached hydrogens (tertiary/aromatic N) is 3. The molecule has 31 heavy (non-hydrogen) atoms. The highest BCUT2D eigenvalue weighted by molar-refractivity contribution is 5.91. The summed E-state index contributed by atoms with van der Waals surface area (Å²) in [4.78, 5) is 31.9. The van der Waals surface area contributed by atoms with E-state index in [-0.39, 0.29) is 5.91 Å². The van der Waals surface area contributed by atoms with Crippen molar-refractivity contribution in [1.29, 1.82) is 0 Å². The number of likely N-dealkylation sites (tertiary alicyclic amines) is 1. The van der Waals surface area contributed by atoms with E-state index >= 15 is 0 Å². The summed E-state index contributed by atoms with van der Waals surface area (Å²) in [5, 5.41) is 3.07. The Morgan fingerprint density at radius 2 is 1.65 bits per heavy atom. The number of hydrogen-bond donors (Lipinski definition) is 1. The highest BCUT2D eigenvalue weighted by atomic mass is 16.6. The van der Waals surface area contributed by atoms with Crippen molar-refractivity contribution >= 4 is 12.0 Å². The highest BCUT2D eigenvalue weighted by Crippen LogP contribution is 2.32. The van der Waals surface area contributed by atoms with Crippen molar-refractivity contribution in [3.05, 3.63) is 35.4 Å². The average molecular weight is 431 g/mol. The maximum Gasteiger partial charge on any atom is 0.411 e. The summed E-state index contributed by atoms with van der Waals surface area (Å²) in [6.45, 7) is 16.9. The molecule has 1 aromatic rings. The lowest BCUT2D eigenvalue weighted by atomic mass is 9.86. The zero-order chi connectivity index (χ0) is 22.6. The van der Waals surface area contributed by atoms with E-state index in [9.17, 15) is 9.59 Å². The number of nitrogens with one attached hydrogen (secondary N) is 1. The molecule has 2 aliphatic heterocycles. The Balaban J connectivity index is 1.57. The minimum absolute atomic E-state index is 0.129. The van der Waals surface area contributed by atoms with Crippen LogP contribution in [-0.2, 0) is 22.6 Å². The number of rotatable bonds is 6. The third-order valence-corrected chi connectivity index (χ3v) is 6.38. The molecule has 2 aliphatic rings. The van der Waals surface area contributed by atoms with Gasteiger partial charge in [0.2, 0.25) is 5.91 Å². The van der Waals surface area contributed by atoms with Gasteiger partial charge in [0, 0.05) is 45.8 Å². The Hall–Kier alpha value is -2.12. The van der Waals surface area contributed by atoms with E-state index in [1.807, 2.05) is 33.8 Å². The first-order valence-electron chi connectivity index (χ1n) is 11.4. The van der Waals surface area contributed by atoms with Gasteiger partial charge in [0.25, 0.3) is 0 Å². The summed E-state index contributed by atoms with van der Waals surface area (Å²) in [5.74, 6) is -0.129. The lowest BCUT2D eigenvalue weighted by molar-refractivity contribution is -0.140. The van der Waals surface area contributed by atoms with Gasteiger partial charge in [0.1, 0.15) is 11.1 Å². The van der Waals surface area contributed by atoms with Gasteiger partial charge in [0.05, 0.1) is 0 Å². The largest absolute Gasteiger partial charge is 0.444 e. The Morgan fingerprint density at radius 3 is 2.19 bits per heavy atom. The van der Waals surface area contributed by atoms with Crippen molar-refractivity contribution in [2.75, 3.05) is 39.3 Å². The molecule has 3 rings (SSSR count). The molecule has 1 atom stereocenters. The Bertz CT molecular complexity index is 783. The fourth-order valence-corrected chi connectivity index (χ4v) is 4.16. The van der Waals surface area contributed by atoms with Gasteiger partial charge >= 0.3 is 6.09 Å². The molecule has 172 valence electrons. The molecule has 1 N–H and O–H groups in total. The van der Waals surface area contributed by atoms with Crippen molar-refractivity contribution in [1.82, 2.24) is 20.0 Å². The van der Waals surface area contributed by atoms with E-state index in [0.717, 1.165) is 44.8 Å². The van der Waals surface area contributed by atoms with Gasteiger partial charge in [-0.15, -0.1) is 0 Å². The predicted molar refractivity (Wildman–Crippen MR) is 122 cm³/mol. The number of amides is 2. The number of hydrogen-bond acceptors (Lipinski definition) is 5. The Kier molecular flexibility index (Phi) is 7.27. The van der Waals surface area contributed by atoms with E-state index in [4.69, 9.17) is 4.74 Å². The fraction of sp³-hybridized carbons (Fsp3) is 0.667. The topological polar surface area (TPSA) is 65.1 Å². The standard InChI is InChI=1S/C24H38N4O3/c1-6-26-13-15-27(16-14-26)18-20-10-8-7-9-19(20)17-25-21(29)24(5)11-12-28(24)22(30)31-23(2,3)4/h7-10H,6,11-18H2,1-5H3,(H,25,29)/t24-/m1/s1. The molecule has 0 aliphatic carbocycles. The molecular formula is C24H38N4O3. The number of carbonyl (C=O) groups excluding carboxylic acids is 2. The molecule has 2 amide bonds. The molecule has 0 radical (unpaired) electrons. The molecule has 7 nitrogen and oxygen atoms in total. The molecule has 0 unspecified atom stereocenters. The molecule has 0 aromatic heterocycles. The first kappa shape index (κ1) is 23.5. The zero-order valence-corrected chi connectivity index (χ0v) is 19.7. The lowest BCUT2D eigenvalue weighted by Gasteiger charge is -2.48. The van der Waals surface area contributed by atoms with Crippen LogP contribution in [0.3, 0.4) is 0 Å². The van der Waals surface area contributed by atoms with Gasteiger partial charge in [-0.3, -0.25) is 14.6 Å². The van der Waals surface area contributed by atoms with Gasteiger partial charge in [-0.2, -0.15) is 0 Å². The molecule has 2 heterocycles. The lowest BCUT2D eigenvalue weighted by Crippen LogP contribution is -2.67. The summed E-state index contributed by atoms with van der Waals surface area (Å²) in [6, 6.07) is 8.29. The van der Waals surface area contributed by atoms with Crippen LogP contribution in [0, 0.1) is 0 Å². The first-order valence-corrected chi connectivity index (χ1v) is 11.4. The summed E-state index contributed by atoms with van der Waals surface area (Å²) in [6.07, 6.45) is 0.213. The molecule has 0 saturated carbocycles. The third kappa shape index (κ3) is 5.77. The van der Waals surface area contributed by atoms with E-state index in [2.05, 4.69) is 40.2 Å². The number of likely N-dealkylation sites (N-methyl/N-ethyl adjacent to an activating group) is 1. The molecule has 0 spiro atoms. The smallest absolute Gasteiger partial charge is 0.411 e. The Morgan fingerprint density at radius 1 is 1.03 bits per heavy atom. The van der Waals surface area contributed by atoms with Crippen molar-refractivity contribution < 1.29 is 14.3 Å². The maximum absolute atomic E-state index is 13.0. The quantitative estimate of drug-likeness (QED) is 0.752. The van der Waals surface area contributed by atoms with Crippen molar-refractivity contribution in [3.63, 3.8) is 0 Å². The van der Waals surface area contributed by atoms with Crippen LogP contribution < -0.4 is 5.32 Å². The summed E-state index contributed by atoms with van der Waals surface area (Å²) < 4.78 is 5.47. The van der Waals surface area contributed by atoms with E-state index in [0.29, 0.717) is 19.5 Å². The predicted octanol–water partition coefficient (Wildman–Crippen LogP) is 2.84. The minimum atomic E-state index is -0.853. The van der Waals surface area contributed by atoms with Crippen LogP contribution >= 0.6 is 0 Å². The monoisotopic (exact) mass is 430 g/mol. The molecule has 0 bridgehead atoms. The normalized spacial score (nSPS) is 22.7. The van der Waals surface area contributed by atoms with Crippen LogP contribution in [0.4, 0.5) is 4.79 Å². The van der Waals surface area contributed by atoms with Crippen LogP contribution in [0.25, 0.3) is 0 Å². The second-order valence-electron chi connectivity index (χ2n) is 9.82. The second-order valence-corrected chi connectivity index (χ2v) is 9.82. The van der Waals surface area contributed by atoms with Crippen LogP contribution in [-0.4, -0.2) is 77.1 Å². The summed E-state index contributed by atoms with van der Waals surface area (Å²) >= 11 is 0. The number of ether oxygens (including phenoxy) is 1. The highest BCUT2D eigenvalue weighted by Gasteiger charge is 2.50. The van der Waals surface area contributed by atoms with Crippen LogP contribution in [0.1, 0.15) is 52.2 Å². The number of benzene rings is 1. The van der Waals surface area contributed by atoms with Crippen LogP contribution in [0.15, 0.2) is 24.3 Å². The van der Waals surface area contributed by atoms with Gasteiger partial charge in [-0.25, -0.2) is 4.79 Å². The van der Waals surface area contributed by atoms with Gasteiger partial charge < -0.3 is 15.0 Å². The van der Waals surface area contributed by atoms with Crippen molar-refractivity contribution in [3.8, 4) is 0 Å². The SMILES string of the molecule is CCN1CCN(Cc2ccccc2CNC(=O)[C@@]2(C)CCN2C(=O)OC(C)(C)C)CC1. The number of carbonyl (C=O) groups is 2. The molecule has 7 heteroatoms. The second kappa shape index (κ2) is 9.57. The molecule has 2 fully saturated rings. The Labute approximate surface area is 186 Å². The van der Waals surface area contributed by atoms with E-state index < -0.39 is 17.2 Å². The van der Waals surface area contributed by atoms with Gasteiger partial charge in [-0.1, -0.05) is 31.2 Å². The van der Waals surface area contributed by atoms with E-state index in [1.54, 1.807) is 0 Å². The average Bonchev–Trinajstić information content (AvgIpc) is 2.70. The molecular weight excluding hydrogens is 392 g/mol. The van der Waals surface area contributed by atoms with Crippen LogP contribution in [0.5, 0.6) is 0 Å². The minimum Gasteiger partial charge on any atom is -0.444 e. The third-order valence-electron chi connectivity index (χ3n) is 6.38. The van der Waals surface area contributed by atoms with Crippen LogP contribution in [0.2, 0.25) is 0 Å². The van der Waals surface area contributed by atoms with E-state index in [1.165, 1.54) is 10.5 Å². The summed E-state index contributed by atoms with van der Waals surface area (Å²) in [5.41, 5.74) is 0.940. The van der Waals surface area contributed by atoms with Crippen molar-refractivity contribution in [2.45, 2.75) is 65.3 Å². The fourth-order valence-electron chi connectivity index (χ4n) is 4.16. The van der Waals surface area contributed by atoms with Gasteiger partial charge in [0.15, 0.2) is 0 Å². The summed E-state index contributed by atoms with van der Waals surface area (Å²) in [7, 11) is 0. The zero-order valence-electron chi connectivity index (χ0n) is 19.7. The maximum atomic E-state index is 13.0.